The lowest BCUT2D eigenvalue weighted by atomic mass is 10.2. The van der Waals surface area contributed by atoms with Crippen molar-refractivity contribution < 1.29 is 19.0 Å². The molecule has 0 aromatic heterocycles. The van der Waals surface area contributed by atoms with E-state index in [4.69, 9.17) is 19.5 Å². The highest BCUT2D eigenvalue weighted by Crippen LogP contribution is 2.24. The Morgan fingerprint density at radius 2 is 2.17 bits per heavy atom. The fourth-order valence-electron chi connectivity index (χ4n) is 1.30. The number of methoxy groups -OCH3 is 2. The van der Waals surface area contributed by atoms with E-state index < -0.39 is 6.09 Å². The van der Waals surface area contributed by atoms with Gasteiger partial charge < -0.3 is 19.5 Å². The molecule has 6 heteroatoms. The van der Waals surface area contributed by atoms with Crippen LogP contribution in [0.5, 0.6) is 11.5 Å². The normalized spacial score (nSPS) is 9.17. The van der Waals surface area contributed by atoms with Gasteiger partial charge in [0.05, 0.1) is 20.3 Å². The quantitative estimate of drug-likeness (QED) is 0.800. The van der Waals surface area contributed by atoms with Crippen LogP contribution in [0.1, 0.15) is 5.56 Å². The summed E-state index contributed by atoms with van der Waals surface area (Å²) >= 11 is 0. The maximum Gasteiger partial charge on any atom is 0.408 e. The first-order valence-corrected chi connectivity index (χ1v) is 5.19. The molecular formula is C12H14N2O4. The molecule has 18 heavy (non-hydrogen) atoms. The highest BCUT2D eigenvalue weighted by molar-refractivity contribution is 5.67. The molecule has 0 aliphatic heterocycles. The summed E-state index contributed by atoms with van der Waals surface area (Å²) in [6, 6.07) is 6.97. The lowest BCUT2D eigenvalue weighted by Gasteiger charge is -2.10. The van der Waals surface area contributed by atoms with Crippen LogP contribution in [0, 0.1) is 11.3 Å². The summed E-state index contributed by atoms with van der Waals surface area (Å²) in [5, 5.41) is 10.6. The number of nitriles is 1. The number of nitrogens with one attached hydrogen (secondary N) is 1. The van der Waals surface area contributed by atoms with E-state index in [1.165, 1.54) is 7.11 Å². The van der Waals surface area contributed by atoms with Gasteiger partial charge in [-0.2, -0.15) is 5.26 Å². The van der Waals surface area contributed by atoms with E-state index in [2.05, 4.69) is 5.32 Å². The van der Waals surface area contributed by atoms with Gasteiger partial charge in [-0.1, -0.05) is 0 Å². The van der Waals surface area contributed by atoms with Crippen LogP contribution in [-0.2, 0) is 11.3 Å². The molecule has 0 heterocycles. The van der Waals surface area contributed by atoms with Crippen molar-refractivity contribution in [3.05, 3.63) is 23.8 Å². The van der Waals surface area contributed by atoms with Gasteiger partial charge in [-0.15, -0.1) is 0 Å². The summed E-state index contributed by atoms with van der Waals surface area (Å²) in [6.07, 6.45) is -0.651. The van der Waals surface area contributed by atoms with Gasteiger partial charge in [0.1, 0.15) is 24.7 Å². The Bertz CT molecular complexity index is 454. The second-order valence-electron chi connectivity index (χ2n) is 3.27. The molecule has 0 spiro atoms. The summed E-state index contributed by atoms with van der Waals surface area (Å²) in [7, 11) is 3.08. The van der Waals surface area contributed by atoms with E-state index in [1.807, 2.05) is 0 Å². The Hall–Kier alpha value is -2.42. The van der Waals surface area contributed by atoms with E-state index >= 15 is 0 Å². The number of carbonyl (C=O) groups is 1. The highest BCUT2D eigenvalue weighted by atomic mass is 16.5. The first-order chi connectivity index (χ1) is 8.71. The largest absolute Gasteiger partial charge is 0.497 e. The molecular weight excluding hydrogens is 236 g/mol. The van der Waals surface area contributed by atoms with Crippen molar-refractivity contribution in [2.75, 3.05) is 20.8 Å². The van der Waals surface area contributed by atoms with Crippen LogP contribution >= 0.6 is 0 Å². The van der Waals surface area contributed by atoms with Crippen LogP contribution in [0.25, 0.3) is 0 Å². The van der Waals surface area contributed by atoms with E-state index in [0.29, 0.717) is 17.1 Å². The Balaban J connectivity index is 2.65. The average molecular weight is 250 g/mol. The smallest absolute Gasteiger partial charge is 0.408 e. The minimum absolute atomic E-state index is 0.0393. The second-order valence-corrected chi connectivity index (χ2v) is 3.27. The molecule has 1 rings (SSSR count). The van der Waals surface area contributed by atoms with Crippen LogP contribution in [0.15, 0.2) is 18.2 Å². The number of alkyl carbamates (subject to hydrolysis) is 1. The molecule has 0 saturated carbocycles. The van der Waals surface area contributed by atoms with E-state index in [1.54, 1.807) is 31.4 Å². The van der Waals surface area contributed by atoms with Gasteiger partial charge in [0, 0.05) is 5.56 Å². The SMILES string of the molecule is COc1ccc(OC)c(COC(=O)NCC#N)c1. The molecule has 1 amide bonds. The molecule has 0 bridgehead atoms. The van der Waals surface area contributed by atoms with E-state index in [0.717, 1.165) is 0 Å². The number of ether oxygens (including phenoxy) is 3. The molecule has 0 aliphatic rings. The van der Waals surface area contributed by atoms with Crippen molar-refractivity contribution >= 4 is 6.09 Å². The van der Waals surface area contributed by atoms with E-state index in [9.17, 15) is 4.79 Å². The Kier molecular flexibility index (Phi) is 5.32. The van der Waals surface area contributed by atoms with Gasteiger partial charge in [0.2, 0.25) is 0 Å². The molecule has 0 unspecified atom stereocenters. The van der Waals surface area contributed by atoms with Gasteiger partial charge in [0.25, 0.3) is 0 Å². The number of nitrogens with zero attached hydrogens (tertiary/aromatic N) is 1. The Morgan fingerprint density at radius 3 is 2.78 bits per heavy atom. The molecule has 1 aromatic rings. The Labute approximate surface area is 105 Å². The van der Waals surface area contributed by atoms with Gasteiger partial charge in [0.15, 0.2) is 0 Å². The summed E-state index contributed by atoms with van der Waals surface area (Å²) in [6.45, 7) is -0.0499. The lowest BCUT2D eigenvalue weighted by molar-refractivity contribution is 0.139. The molecule has 1 N–H and O–H groups in total. The fourth-order valence-corrected chi connectivity index (χ4v) is 1.30. The van der Waals surface area contributed by atoms with Crippen molar-refractivity contribution in [2.24, 2.45) is 0 Å². The van der Waals surface area contributed by atoms with Crippen LogP contribution in [0.4, 0.5) is 4.79 Å². The van der Waals surface area contributed by atoms with Gasteiger partial charge in [-0.25, -0.2) is 4.79 Å². The first kappa shape index (κ1) is 13.6. The lowest BCUT2D eigenvalue weighted by Crippen LogP contribution is -2.24. The number of carbonyl (C=O) groups excluding carboxylic acids is 1. The molecule has 0 fully saturated rings. The zero-order valence-corrected chi connectivity index (χ0v) is 10.2. The minimum atomic E-state index is -0.651. The van der Waals surface area contributed by atoms with Crippen molar-refractivity contribution in [2.45, 2.75) is 6.61 Å². The number of rotatable bonds is 5. The highest BCUT2D eigenvalue weighted by Gasteiger charge is 2.08. The molecule has 0 atom stereocenters. The minimum Gasteiger partial charge on any atom is -0.497 e. The zero-order chi connectivity index (χ0) is 13.4. The van der Waals surface area contributed by atoms with Crippen molar-refractivity contribution in [3.63, 3.8) is 0 Å². The number of hydrogen-bond donors (Lipinski definition) is 1. The molecule has 6 nitrogen and oxygen atoms in total. The topological polar surface area (TPSA) is 80.6 Å². The molecule has 1 aromatic carbocycles. The van der Waals surface area contributed by atoms with Gasteiger partial charge >= 0.3 is 6.09 Å². The van der Waals surface area contributed by atoms with Crippen LogP contribution in [0.2, 0.25) is 0 Å². The zero-order valence-electron chi connectivity index (χ0n) is 10.2. The molecule has 0 aliphatic carbocycles. The predicted molar refractivity (Wildman–Crippen MR) is 63.3 cm³/mol. The molecule has 0 radical (unpaired) electrons. The van der Waals surface area contributed by atoms with Crippen molar-refractivity contribution in [3.8, 4) is 17.6 Å². The third kappa shape index (κ3) is 3.87. The monoisotopic (exact) mass is 250 g/mol. The standard InChI is InChI=1S/C12H14N2O4/c1-16-10-3-4-11(17-2)9(7-10)8-18-12(15)14-6-5-13/h3-4,7H,6,8H2,1-2H3,(H,14,15). The van der Waals surface area contributed by atoms with Crippen LogP contribution in [-0.4, -0.2) is 26.9 Å². The molecule has 96 valence electrons. The maximum absolute atomic E-state index is 11.2. The van der Waals surface area contributed by atoms with Crippen LogP contribution in [0.3, 0.4) is 0 Å². The molecule has 0 saturated heterocycles. The van der Waals surface area contributed by atoms with Crippen molar-refractivity contribution in [1.29, 1.82) is 5.26 Å². The van der Waals surface area contributed by atoms with E-state index in [-0.39, 0.29) is 13.2 Å². The summed E-state index contributed by atoms with van der Waals surface area (Å²) < 4.78 is 15.1. The summed E-state index contributed by atoms with van der Waals surface area (Å²) in [5.41, 5.74) is 0.684. The van der Waals surface area contributed by atoms with Gasteiger partial charge in [-0.05, 0) is 18.2 Å². The number of hydrogen-bond acceptors (Lipinski definition) is 5. The van der Waals surface area contributed by atoms with Crippen molar-refractivity contribution in [1.82, 2.24) is 5.32 Å². The fraction of sp³-hybridized carbons (Fsp3) is 0.333. The van der Waals surface area contributed by atoms with Crippen LogP contribution < -0.4 is 14.8 Å². The number of benzene rings is 1. The maximum atomic E-state index is 11.2. The summed E-state index contributed by atoms with van der Waals surface area (Å²) in [4.78, 5) is 11.2. The second kappa shape index (κ2) is 7.01. The average Bonchev–Trinajstić information content (AvgIpc) is 2.42. The Morgan fingerprint density at radius 1 is 1.39 bits per heavy atom. The first-order valence-electron chi connectivity index (χ1n) is 5.19. The van der Waals surface area contributed by atoms with Gasteiger partial charge in [-0.3, -0.25) is 0 Å². The summed E-state index contributed by atoms with van der Waals surface area (Å²) in [5.74, 6) is 1.25. The third-order valence-electron chi connectivity index (χ3n) is 2.16. The number of amides is 1. The third-order valence-corrected chi connectivity index (χ3v) is 2.16. The predicted octanol–water partition coefficient (Wildman–Crippen LogP) is 1.45.